The van der Waals surface area contributed by atoms with E-state index in [0.29, 0.717) is 13.0 Å². The van der Waals surface area contributed by atoms with Crippen LogP contribution in [0.5, 0.6) is 0 Å². The zero-order valence-corrected chi connectivity index (χ0v) is 11.9. The lowest BCUT2D eigenvalue weighted by Crippen LogP contribution is -2.38. The summed E-state index contributed by atoms with van der Waals surface area (Å²) < 4.78 is 25.1. The van der Waals surface area contributed by atoms with Crippen LogP contribution >= 0.6 is 0 Å². The Bertz CT molecular complexity index is 480. The van der Waals surface area contributed by atoms with E-state index < -0.39 is 11.8 Å². The molecular formula is C15H19F2NO2. The number of carbonyl (C=O) groups excluding carboxylic acids is 1. The number of hydrogen-bond donors (Lipinski definition) is 0. The Morgan fingerprint density at radius 3 is 2.40 bits per heavy atom. The standard InChI is InChI=1S/C15H19F2NO2/c1-15(2,3)14(19)18-12(8-9-20-18)10-4-6-11(7-5-10)13(16)17/h4-7,12-13H,8-9H2,1-3H3/t12-/m0/s1. The Balaban J connectivity index is 2.21. The summed E-state index contributed by atoms with van der Waals surface area (Å²) >= 11 is 0. The smallest absolute Gasteiger partial charge is 0.263 e. The summed E-state index contributed by atoms with van der Waals surface area (Å²) in [7, 11) is 0. The summed E-state index contributed by atoms with van der Waals surface area (Å²) in [5.41, 5.74) is 0.275. The number of carbonyl (C=O) groups is 1. The third-order valence-corrected chi connectivity index (χ3v) is 3.32. The molecule has 1 aromatic rings. The molecule has 1 fully saturated rings. The molecule has 1 atom stereocenters. The van der Waals surface area contributed by atoms with Crippen molar-refractivity contribution in [3.63, 3.8) is 0 Å². The first-order chi connectivity index (χ1) is 9.30. The van der Waals surface area contributed by atoms with Crippen LogP contribution in [-0.2, 0) is 9.63 Å². The fourth-order valence-corrected chi connectivity index (χ4v) is 2.17. The van der Waals surface area contributed by atoms with Crippen molar-refractivity contribution in [3.05, 3.63) is 35.4 Å². The van der Waals surface area contributed by atoms with Crippen LogP contribution in [0.25, 0.3) is 0 Å². The van der Waals surface area contributed by atoms with E-state index >= 15 is 0 Å². The lowest BCUT2D eigenvalue weighted by molar-refractivity contribution is -0.186. The van der Waals surface area contributed by atoms with Gasteiger partial charge in [0.25, 0.3) is 12.3 Å². The highest BCUT2D eigenvalue weighted by atomic mass is 19.3. The Morgan fingerprint density at radius 2 is 1.90 bits per heavy atom. The lowest BCUT2D eigenvalue weighted by atomic mass is 9.94. The van der Waals surface area contributed by atoms with Crippen molar-refractivity contribution in [2.24, 2.45) is 5.41 Å². The third-order valence-electron chi connectivity index (χ3n) is 3.32. The van der Waals surface area contributed by atoms with E-state index in [1.165, 1.54) is 17.2 Å². The summed E-state index contributed by atoms with van der Waals surface area (Å²) in [5.74, 6) is -0.0991. The minimum absolute atomic E-state index is 0.0126. The van der Waals surface area contributed by atoms with Gasteiger partial charge in [0, 0.05) is 17.4 Å². The van der Waals surface area contributed by atoms with Crippen LogP contribution in [0.3, 0.4) is 0 Å². The van der Waals surface area contributed by atoms with E-state index in [4.69, 9.17) is 4.84 Å². The van der Waals surface area contributed by atoms with Gasteiger partial charge in [0.1, 0.15) is 0 Å². The van der Waals surface area contributed by atoms with Crippen LogP contribution < -0.4 is 0 Å². The Hall–Kier alpha value is -1.49. The number of nitrogens with zero attached hydrogens (tertiary/aromatic N) is 1. The fraction of sp³-hybridized carbons (Fsp3) is 0.533. The minimum atomic E-state index is -2.48. The first-order valence-electron chi connectivity index (χ1n) is 6.65. The number of halogens is 2. The first kappa shape index (κ1) is 14.9. The summed E-state index contributed by atoms with van der Waals surface area (Å²) in [6.45, 7) is 5.94. The van der Waals surface area contributed by atoms with Gasteiger partial charge in [-0.2, -0.15) is 0 Å². The topological polar surface area (TPSA) is 29.5 Å². The lowest BCUT2D eigenvalue weighted by Gasteiger charge is -2.29. The van der Waals surface area contributed by atoms with E-state index in [2.05, 4.69) is 0 Å². The van der Waals surface area contributed by atoms with Gasteiger partial charge in [-0.15, -0.1) is 0 Å². The molecule has 1 aliphatic heterocycles. The molecule has 110 valence electrons. The molecule has 1 heterocycles. The maximum atomic E-state index is 12.5. The quantitative estimate of drug-likeness (QED) is 0.824. The van der Waals surface area contributed by atoms with Gasteiger partial charge in [-0.25, -0.2) is 13.8 Å². The third kappa shape index (κ3) is 2.98. The van der Waals surface area contributed by atoms with Gasteiger partial charge in [0.05, 0.1) is 12.6 Å². The number of amides is 1. The highest BCUT2D eigenvalue weighted by Crippen LogP contribution is 2.34. The molecule has 3 nitrogen and oxygen atoms in total. The van der Waals surface area contributed by atoms with Crippen LogP contribution in [0, 0.1) is 5.41 Å². The molecule has 0 aromatic heterocycles. The van der Waals surface area contributed by atoms with Gasteiger partial charge in [-0.1, -0.05) is 45.0 Å². The summed E-state index contributed by atoms with van der Waals surface area (Å²) in [4.78, 5) is 17.7. The molecule has 0 aliphatic carbocycles. The highest BCUT2D eigenvalue weighted by molar-refractivity contribution is 5.81. The summed E-state index contributed by atoms with van der Waals surface area (Å²) in [6.07, 6.45) is -1.80. The van der Waals surface area contributed by atoms with Gasteiger partial charge in [0.2, 0.25) is 0 Å². The van der Waals surface area contributed by atoms with Gasteiger partial charge >= 0.3 is 0 Å². The minimum Gasteiger partial charge on any atom is -0.272 e. The average molecular weight is 283 g/mol. The van der Waals surface area contributed by atoms with Gasteiger partial charge in [0.15, 0.2) is 0 Å². The van der Waals surface area contributed by atoms with Crippen LogP contribution in [0.15, 0.2) is 24.3 Å². The van der Waals surface area contributed by atoms with Crippen molar-refractivity contribution in [3.8, 4) is 0 Å². The number of hydroxylamine groups is 2. The van der Waals surface area contributed by atoms with E-state index in [9.17, 15) is 13.6 Å². The van der Waals surface area contributed by atoms with Crippen LogP contribution in [0.2, 0.25) is 0 Å². The Kier molecular flexibility index (Phi) is 4.09. The maximum Gasteiger partial charge on any atom is 0.263 e. The number of alkyl halides is 2. The number of rotatable bonds is 2. The zero-order valence-electron chi connectivity index (χ0n) is 11.9. The molecule has 0 unspecified atom stereocenters. The van der Waals surface area contributed by atoms with Crippen molar-refractivity contribution in [2.75, 3.05) is 6.61 Å². The maximum absolute atomic E-state index is 12.5. The normalized spacial score (nSPS) is 19.7. The molecule has 5 heteroatoms. The number of benzene rings is 1. The van der Waals surface area contributed by atoms with E-state index in [-0.39, 0.29) is 17.5 Å². The molecule has 1 aliphatic rings. The van der Waals surface area contributed by atoms with Crippen LogP contribution in [0.4, 0.5) is 8.78 Å². The van der Waals surface area contributed by atoms with Crippen LogP contribution in [-0.4, -0.2) is 17.6 Å². The van der Waals surface area contributed by atoms with Gasteiger partial charge in [-0.3, -0.25) is 9.63 Å². The predicted octanol–water partition coefficient (Wildman–Crippen LogP) is 3.88. The van der Waals surface area contributed by atoms with Crippen molar-refractivity contribution in [1.82, 2.24) is 5.06 Å². The van der Waals surface area contributed by atoms with E-state index in [1.54, 1.807) is 12.1 Å². The largest absolute Gasteiger partial charge is 0.272 e. The zero-order chi connectivity index (χ0) is 14.9. The molecule has 20 heavy (non-hydrogen) atoms. The van der Waals surface area contributed by atoms with Crippen molar-refractivity contribution < 1.29 is 18.4 Å². The Morgan fingerprint density at radius 1 is 1.30 bits per heavy atom. The first-order valence-corrected chi connectivity index (χ1v) is 6.65. The van der Waals surface area contributed by atoms with Gasteiger partial charge in [-0.05, 0) is 5.56 Å². The van der Waals surface area contributed by atoms with Gasteiger partial charge < -0.3 is 0 Å². The fourth-order valence-electron chi connectivity index (χ4n) is 2.17. The van der Waals surface area contributed by atoms with E-state index in [0.717, 1.165) is 5.56 Å². The van der Waals surface area contributed by atoms with E-state index in [1.807, 2.05) is 20.8 Å². The monoisotopic (exact) mass is 283 g/mol. The second-order valence-electron chi connectivity index (χ2n) is 5.99. The summed E-state index contributed by atoms with van der Waals surface area (Å²) in [6, 6.07) is 5.89. The molecule has 0 spiro atoms. The average Bonchev–Trinajstić information content (AvgIpc) is 2.85. The van der Waals surface area contributed by atoms with Crippen molar-refractivity contribution in [2.45, 2.75) is 39.7 Å². The summed E-state index contributed by atoms with van der Waals surface area (Å²) in [5, 5.41) is 1.39. The van der Waals surface area contributed by atoms with Crippen molar-refractivity contribution in [1.29, 1.82) is 0 Å². The van der Waals surface area contributed by atoms with Crippen molar-refractivity contribution >= 4 is 5.91 Å². The second-order valence-corrected chi connectivity index (χ2v) is 5.99. The Labute approximate surface area is 117 Å². The molecule has 0 radical (unpaired) electrons. The highest BCUT2D eigenvalue weighted by Gasteiger charge is 2.37. The molecular weight excluding hydrogens is 264 g/mol. The predicted molar refractivity (Wildman–Crippen MR) is 71.0 cm³/mol. The molecule has 1 amide bonds. The number of hydrogen-bond acceptors (Lipinski definition) is 2. The molecule has 1 aromatic carbocycles. The molecule has 1 saturated heterocycles. The second kappa shape index (κ2) is 5.48. The molecule has 0 bridgehead atoms. The SMILES string of the molecule is CC(C)(C)C(=O)N1OCC[C@H]1c1ccc(C(F)F)cc1. The van der Waals surface area contributed by atoms with Crippen LogP contribution in [0.1, 0.15) is 50.8 Å². The molecule has 0 N–H and O–H groups in total. The molecule has 0 saturated carbocycles. The molecule has 2 rings (SSSR count).